The van der Waals surface area contributed by atoms with Gasteiger partial charge in [0.15, 0.2) is 0 Å². The third-order valence-electron chi connectivity index (χ3n) is 13.2. The van der Waals surface area contributed by atoms with Gasteiger partial charge in [-0.25, -0.2) is 0 Å². The van der Waals surface area contributed by atoms with Gasteiger partial charge in [-0.15, -0.1) is 114 Å². The minimum absolute atomic E-state index is 0. The Morgan fingerprint density at radius 3 is 0.554 bits per heavy atom. The van der Waals surface area contributed by atoms with E-state index in [1.54, 1.807) is 0 Å². The molecule has 8 aromatic rings. The summed E-state index contributed by atoms with van der Waals surface area (Å²) in [5.41, 5.74) is 17.8. The molecule has 0 spiro atoms. The fourth-order valence-corrected chi connectivity index (χ4v) is 9.34. The van der Waals surface area contributed by atoms with E-state index in [2.05, 4.69) is 262 Å². The summed E-state index contributed by atoms with van der Waals surface area (Å²) in [5, 5.41) is 11.4. The zero-order chi connectivity index (χ0) is 54.6. The van der Waals surface area contributed by atoms with Crippen LogP contribution in [0.1, 0.15) is 225 Å². The third-order valence-corrected chi connectivity index (χ3v) is 13.2. The quantitative estimate of drug-likeness (QED) is 0.105. The maximum Gasteiger partial charge on any atom is -0.0306 e. The number of benzene rings is 4. The van der Waals surface area contributed by atoms with Crippen LogP contribution in [0.25, 0.3) is 43.1 Å². The number of halogens is 2. The number of hydrogen-bond acceptors (Lipinski definition) is 0. The molecular weight excluding hydrogens is 1300 g/mol. The second-order valence-electron chi connectivity index (χ2n) is 23.8. The molecule has 0 N–H and O–H groups in total. The number of aryl methyl sites for hydroxylation is 4. The van der Waals surface area contributed by atoms with Crippen molar-refractivity contribution < 1.29 is 70.8 Å². The summed E-state index contributed by atoms with van der Waals surface area (Å²) in [4.78, 5) is 0. The molecular formula is C68H96Cl2Hf2Si2-2. The van der Waals surface area contributed by atoms with Crippen molar-refractivity contribution in [3.63, 3.8) is 0 Å². The molecule has 400 valence electrons. The Morgan fingerprint density at radius 1 is 0.284 bits per heavy atom. The van der Waals surface area contributed by atoms with Crippen molar-refractivity contribution in [3.8, 4) is 0 Å². The van der Waals surface area contributed by atoms with Crippen LogP contribution in [-0.4, -0.2) is 11.0 Å². The topological polar surface area (TPSA) is 0 Å². The smallest absolute Gasteiger partial charge is 0.0306 e. The molecule has 0 bridgehead atoms. The van der Waals surface area contributed by atoms with E-state index in [1.807, 2.05) is 0 Å². The standard InChI is InChI=1S/4C16H21.2C2H6Si.2ClH.2Hf/c4*1-10(2)13-8-14-6-12(5)7-16(14)15(9-13)11(3)4;2*1-3-2;;;;/h4*6-11H,1-5H3;2*1-2H3;2*1H;;/q4*-1;;;;;2*+2/p-2. The average Bonchev–Trinajstić information content (AvgIpc) is 4.04. The van der Waals surface area contributed by atoms with Crippen molar-refractivity contribution in [1.29, 1.82) is 0 Å². The first-order chi connectivity index (χ1) is 33.4. The van der Waals surface area contributed by atoms with Crippen LogP contribution in [0.3, 0.4) is 0 Å². The van der Waals surface area contributed by atoms with Gasteiger partial charge in [-0.05, 0) is 47.3 Å². The van der Waals surface area contributed by atoms with Gasteiger partial charge in [-0.1, -0.05) is 207 Å². The average molecular weight is 1400 g/mol. The van der Waals surface area contributed by atoms with Gasteiger partial charge >= 0.3 is 83.2 Å². The molecule has 8 rings (SSSR count). The fraction of sp³-hybridized carbons (Fsp3) is 0.471. The minimum atomic E-state index is 0. The summed E-state index contributed by atoms with van der Waals surface area (Å²) in [6, 6.07) is 37.4. The van der Waals surface area contributed by atoms with Gasteiger partial charge < -0.3 is 24.8 Å². The van der Waals surface area contributed by atoms with Gasteiger partial charge in [0.2, 0.25) is 0 Å². The van der Waals surface area contributed by atoms with Crippen molar-refractivity contribution in [2.45, 2.75) is 212 Å². The molecule has 6 heteroatoms. The van der Waals surface area contributed by atoms with Crippen LogP contribution in [0, 0.1) is 27.7 Å². The number of rotatable bonds is 8. The maximum atomic E-state index is 2.39. The van der Waals surface area contributed by atoms with Crippen molar-refractivity contribution in [2.75, 3.05) is 0 Å². The van der Waals surface area contributed by atoms with Crippen LogP contribution in [0.5, 0.6) is 0 Å². The van der Waals surface area contributed by atoms with E-state index >= 15 is 0 Å². The van der Waals surface area contributed by atoms with E-state index in [4.69, 9.17) is 0 Å². The van der Waals surface area contributed by atoms with Crippen LogP contribution < -0.4 is 24.8 Å². The van der Waals surface area contributed by atoms with Crippen LogP contribution in [0.15, 0.2) is 97.1 Å². The second-order valence-corrected chi connectivity index (χ2v) is 49.4. The minimum Gasteiger partial charge on any atom is -1.00 e. The molecule has 0 aliphatic carbocycles. The molecule has 0 aliphatic rings. The van der Waals surface area contributed by atoms with E-state index in [0.29, 0.717) is 47.3 Å². The van der Waals surface area contributed by atoms with Gasteiger partial charge in [0, 0.05) is 0 Å². The van der Waals surface area contributed by atoms with Crippen LogP contribution >= 0.6 is 0 Å². The summed E-state index contributed by atoms with van der Waals surface area (Å²) < 4.78 is 0. The van der Waals surface area contributed by atoms with Crippen molar-refractivity contribution in [1.82, 2.24) is 0 Å². The van der Waals surface area contributed by atoms with Gasteiger partial charge in [-0.3, -0.25) is 0 Å². The van der Waals surface area contributed by atoms with Gasteiger partial charge in [0.05, 0.1) is 0 Å². The van der Waals surface area contributed by atoms with E-state index in [0.717, 1.165) is 0 Å². The van der Waals surface area contributed by atoms with Gasteiger partial charge in [-0.2, -0.15) is 24.3 Å². The largest absolute Gasteiger partial charge is 1.00 e. The Morgan fingerprint density at radius 2 is 0.432 bits per heavy atom. The first-order valence-corrected chi connectivity index (χ1v) is 43.1. The maximum absolute atomic E-state index is 2.39. The molecule has 0 saturated carbocycles. The first-order valence-electron chi connectivity index (χ1n) is 27.3. The van der Waals surface area contributed by atoms with Crippen LogP contribution in [-0.2, 0) is 46.0 Å². The Balaban J connectivity index is 0.000000466. The number of hydrogen-bond donors (Lipinski definition) is 0. The summed E-state index contributed by atoms with van der Waals surface area (Å²) in [6.07, 6.45) is 0. The molecule has 0 nitrogen and oxygen atoms in total. The van der Waals surface area contributed by atoms with Crippen molar-refractivity contribution in [3.05, 3.63) is 164 Å². The van der Waals surface area contributed by atoms with Gasteiger partial charge in [0.1, 0.15) is 0 Å². The van der Waals surface area contributed by atoms with E-state index in [9.17, 15) is 0 Å². The van der Waals surface area contributed by atoms with Crippen molar-refractivity contribution >= 4 is 54.1 Å². The predicted molar refractivity (Wildman–Crippen MR) is 325 cm³/mol. The zero-order valence-electron chi connectivity index (χ0n) is 50.6. The second kappa shape index (κ2) is 32.2. The summed E-state index contributed by atoms with van der Waals surface area (Å²) in [7, 11) is 0. The molecule has 0 unspecified atom stereocenters. The normalized spacial score (nSPS) is 11.1. The molecule has 0 saturated heterocycles. The summed E-state index contributed by atoms with van der Waals surface area (Å²) in [6.45, 7) is 54.4. The first kappa shape index (κ1) is 70.1. The molecule has 0 radical (unpaired) electrons. The van der Waals surface area contributed by atoms with Crippen LogP contribution in [0.4, 0.5) is 0 Å². The molecule has 8 aromatic carbocycles. The summed E-state index contributed by atoms with van der Waals surface area (Å²) >= 11 is 2.90. The zero-order valence-corrected chi connectivity index (χ0v) is 61.3. The summed E-state index contributed by atoms with van der Waals surface area (Å²) in [5.74, 6) is 4.83. The molecule has 0 fully saturated rings. The van der Waals surface area contributed by atoms with E-state index in [1.165, 1.54) is 156 Å². The van der Waals surface area contributed by atoms with Crippen LogP contribution in [0.2, 0.25) is 26.2 Å². The Kier molecular flexibility index (Phi) is 30.5. The van der Waals surface area contributed by atoms with Crippen molar-refractivity contribution in [2.24, 2.45) is 0 Å². The predicted octanol–water partition coefficient (Wildman–Crippen LogP) is 16.0. The fourth-order valence-electron chi connectivity index (χ4n) is 9.34. The molecule has 0 aliphatic heterocycles. The molecule has 74 heavy (non-hydrogen) atoms. The monoisotopic (exact) mass is 1400 g/mol. The Hall–Kier alpha value is -1.93. The Bertz CT molecular complexity index is 2610. The number of fused-ring (bicyclic) bond motifs is 4. The molecule has 0 aromatic heterocycles. The van der Waals surface area contributed by atoms with E-state index in [-0.39, 0.29) is 35.8 Å². The SMILES string of the molecule is C[Si](C)=[Hf+2].C[Si](C)=[Hf+2].Cc1cc2c(C(C)C)cc(C(C)C)cc2[cH-]1.Cc1cc2c(C(C)C)cc(C(C)C)cc2[cH-]1.Cc1cc2c(C(C)C)cc(C(C)C)cc2[cH-]1.Cc1cc2c(C(C)C)cc(C(C)C)cc2[cH-]1.[Cl-].[Cl-]. The molecule has 0 atom stereocenters. The molecule has 0 amide bonds. The third kappa shape index (κ3) is 21.0. The van der Waals surface area contributed by atoms with E-state index < -0.39 is 0 Å². The van der Waals surface area contributed by atoms with Gasteiger partial charge in [0.25, 0.3) is 0 Å². The Labute approximate surface area is 496 Å². The molecule has 0 heterocycles.